The zero-order chi connectivity index (χ0) is 5.15. The number of hydrogen-bond donors (Lipinski definition) is 2. The molecular formula is C3H9MgNaO3. The number of aliphatic hydroxyl groups excluding tert-OH is 1. The van der Waals surface area contributed by atoms with Crippen molar-refractivity contribution in [3.63, 3.8) is 0 Å². The van der Waals surface area contributed by atoms with Crippen LogP contribution >= 0.6 is 0 Å². The number of rotatable bonds is 1. The van der Waals surface area contributed by atoms with Gasteiger partial charge in [-0.2, -0.15) is 0 Å². The fourth-order valence-corrected chi connectivity index (χ4v) is 0. The van der Waals surface area contributed by atoms with Crippen molar-refractivity contribution >= 4 is 58.6 Å². The molecule has 5 heteroatoms. The van der Waals surface area contributed by atoms with E-state index in [1.54, 1.807) is 0 Å². The Kier molecular flexibility index (Phi) is 16.5. The molecule has 0 aliphatic heterocycles. The van der Waals surface area contributed by atoms with Crippen molar-refractivity contribution < 1.29 is 15.0 Å². The molecule has 8 heavy (non-hydrogen) atoms. The van der Waals surface area contributed by atoms with E-state index in [0.29, 0.717) is 0 Å². The molecule has 1 unspecified atom stereocenters. The van der Waals surface area contributed by atoms with E-state index in [1.807, 2.05) is 0 Å². The SMILES string of the molecule is CC(O)C(=O)O.[MgH2].[NaH]. The number of aliphatic hydroxyl groups is 1. The maximum absolute atomic E-state index is 9.45. The molecule has 0 aromatic heterocycles. The van der Waals surface area contributed by atoms with Crippen molar-refractivity contribution in [3.05, 3.63) is 0 Å². The van der Waals surface area contributed by atoms with Gasteiger partial charge in [0, 0.05) is 0 Å². The Balaban J connectivity index is -0.000000125. The minimum atomic E-state index is -1.23. The van der Waals surface area contributed by atoms with E-state index in [2.05, 4.69) is 0 Å². The van der Waals surface area contributed by atoms with Gasteiger partial charge in [-0.15, -0.1) is 0 Å². The molecule has 0 amide bonds. The number of carbonyl (C=O) groups is 1. The van der Waals surface area contributed by atoms with Crippen LogP contribution in [0.5, 0.6) is 0 Å². The van der Waals surface area contributed by atoms with E-state index >= 15 is 0 Å². The summed E-state index contributed by atoms with van der Waals surface area (Å²) in [5.41, 5.74) is 0. The van der Waals surface area contributed by atoms with Gasteiger partial charge in [-0.05, 0) is 6.92 Å². The van der Waals surface area contributed by atoms with Crippen LogP contribution in [-0.2, 0) is 4.79 Å². The maximum atomic E-state index is 9.45. The summed E-state index contributed by atoms with van der Waals surface area (Å²) in [5, 5.41) is 15.8. The van der Waals surface area contributed by atoms with Gasteiger partial charge in [0.2, 0.25) is 0 Å². The van der Waals surface area contributed by atoms with Crippen LogP contribution in [0.2, 0.25) is 0 Å². The molecule has 0 aromatic carbocycles. The first-order valence-electron chi connectivity index (χ1n) is 1.55. The topological polar surface area (TPSA) is 57.5 Å². The fraction of sp³-hybridized carbons (Fsp3) is 0.667. The first kappa shape index (κ1) is 16.1. The van der Waals surface area contributed by atoms with Gasteiger partial charge in [-0.25, -0.2) is 4.79 Å². The fourth-order valence-electron chi connectivity index (χ4n) is 0. The summed E-state index contributed by atoms with van der Waals surface area (Å²) in [6.07, 6.45) is -1.23. The molecule has 0 fully saturated rings. The Morgan fingerprint density at radius 3 is 1.75 bits per heavy atom. The molecule has 42 valence electrons. The van der Waals surface area contributed by atoms with E-state index in [0.717, 1.165) is 0 Å². The zero-order valence-electron chi connectivity index (χ0n) is 3.38. The third-order valence-electron chi connectivity index (χ3n) is 0.357. The number of carboxylic acids is 1. The standard InChI is InChI=1S/C3H6O3.Mg.Na.3H/c1-2(4)3(5)6;;;;;/h2,4H,1H3,(H,5,6);;;;;. The van der Waals surface area contributed by atoms with Gasteiger partial charge in [-0.3, -0.25) is 0 Å². The van der Waals surface area contributed by atoms with Gasteiger partial charge in [0.25, 0.3) is 0 Å². The molecule has 3 nitrogen and oxygen atoms in total. The van der Waals surface area contributed by atoms with Gasteiger partial charge >= 0.3 is 58.6 Å². The summed E-state index contributed by atoms with van der Waals surface area (Å²) in [4.78, 5) is 9.45. The second-order valence-corrected chi connectivity index (χ2v) is 1.01. The van der Waals surface area contributed by atoms with E-state index < -0.39 is 12.1 Å². The van der Waals surface area contributed by atoms with Crippen LogP contribution in [0.25, 0.3) is 0 Å². The van der Waals surface area contributed by atoms with Gasteiger partial charge in [0.15, 0.2) is 0 Å². The minimum absolute atomic E-state index is 0. The summed E-state index contributed by atoms with van der Waals surface area (Å²) in [5.74, 6) is -1.19. The number of hydrogen-bond acceptors (Lipinski definition) is 2. The van der Waals surface area contributed by atoms with E-state index in [-0.39, 0.29) is 52.6 Å². The van der Waals surface area contributed by atoms with Gasteiger partial charge < -0.3 is 10.2 Å². The first-order chi connectivity index (χ1) is 2.64. The van der Waals surface area contributed by atoms with Crippen LogP contribution in [0.4, 0.5) is 0 Å². The van der Waals surface area contributed by atoms with Crippen LogP contribution in [-0.4, -0.2) is 74.9 Å². The molecule has 0 aliphatic carbocycles. The average molecular weight is 140 g/mol. The zero-order valence-corrected chi connectivity index (χ0v) is 3.38. The van der Waals surface area contributed by atoms with Gasteiger partial charge in [0.1, 0.15) is 6.10 Å². The molecule has 0 rings (SSSR count). The summed E-state index contributed by atoms with van der Waals surface area (Å²) < 4.78 is 0. The third kappa shape index (κ3) is 10.2. The molecule has 0 saturated carbocycles. The van der Waals surface area contributed by atoms with E-state index in [1.165, 1.54) is 6.92 Å². The predicted molar refractivity (Wildman–Crippen MR) is 35.0 cm³/mol. The summed E-state index contributed by atoms with van der Waals surface area (Å²) in [6.45, 7) is 1.20. The third-order valence-corrected chi connectivity index (χ3v) is 0.357. The van der Waals surface area contributed by atoms with Gasteiger partial charge in [-0.1, -0.05) is 0 Å². The van der Waals surface area contributed by atoms with E-state index in [4.69, 9.17) is 10.2 Å². The molecule has 2 N–H and O–H groups in total. The first-order valence-corrected chi connectivity index (χ1v) is 1.55. The van der Waals surface area contributed by atoms with Crippen LogP contribution < -0.4 is 0 Å². The Bertz CT molecular complexity index is 65.5. The summed E-state index contributed by atoms with van der Waals surface area (Å²) in [6, 6.07) is 0. The van der Waals surface area contributed by atoms with Crippen molar-refractivity contribution in [2.45, 2.75) is 13.0 Å². The summed E-state index contributed by atoms with van der Waals surface area (Å²) >= 11 is 0. The Morgan fingerprint density at radius 2 is 1.75 bits per heavy atom. The number of carboxylic acid groups (broad SMARTS) is 1. The molecular weight excluding hydrogens is 131 g/mol. The monoisotopic (exact) mass is 140 g/mol. The van der Waals surface area contributed by atoms with Crippen molar-refractivity contribution in [2.75, 3.05) is 0 Å². The predicted octanol–water partition coefficient (Wildman–Crippen LogP) is -2.11. The van der Waals surface area contributed by atoms with Gasteiger partial charge in [0.05, 0.1) is 0 Å². The number of aliphatic carboxylic acids is 1. The Labute approximate surface area is 85.9 Å². The normalized spacial score (nSPS) is 10.2. The van der Waals surface area contributed by atoms with Crippen molar-refractivity contribution in [1.82, 2.24) is 0 Å². The quantitative estimate of drug-likeness (QED) is 0.410. The van der Waals surface area contributed by atoms with Crippen LogP contribution in [0.15, 0.2) is 0 Å². The van der Waals surface area contributed by atoms with Crippen LogP contribution in [0.3, 0.4) is 0 Å². The summed E-state index contributed by atoms with van der Waals surface area (Å²) in [7, 11) is 0. The molecule has 0 heterocycles. The van der Waals surface area contributed by atoms with Crippen molar-refractivity contribution in [2.24, 2.45) is 0 Å². The molecule has 0 saturated heterocycles. The van der Waals surface area contributed by atoms with Crippen molar-refractivity contribution in [1.29, 1.82) is 0 Å². The average Bonchev–Trinajstić information content (AvgIpc) is 1.36. The second-order valence-electron chi connectivity index (χ2n) is 1.01. The molecule has 0 radical (unpaired) electrons. The van der Waals surface area contributed by atoms with E-state index in [9.17, 15) is 4.79 Å². The van der Waals surface area contributed by atoms with Crippen LogP contribution in [0.1, 0.15) is 6.92 Å². The Hall–Kier alpha value is 1.20. The van der Waals surface area contributed by atoms with Crippen molar-refractivity contribution in [3.8, 4) is 0 Å². The second kappa shape index (κ2) is 8.20. The molecule has 0 spiro atoms. The molecule has 1 atom stereocenters. The van der Waals surface area contributed by atoms with Crippen LogP contribution in [0, 0.1) is 0 Å². The molecule has 0 aliphatic rings. The Morgan fingerprint density at radius 1 is 1.62 bits per heavy atom. The molecule has 0 bridgehead atoms. The molecule has 0 aromatic rings.